The summed E-state index contributed by atoms with van der Waals surface area (Å²) in [5.41, 5.74) is 3.63. The number of rotatable bonds is 5. The van der Waals surface area contributed by atoms with Crippen molar-refractivity contribution in [3.63, 3.8) is 0 Å². The van der Waals surface area contributed by atoms with Crippen molar-refractivity contribution in [2.75, 3.05) is 5.32 Å². The first kappa shape index (κ1) is 15.9. The van der Waals surface area contributed by atoms with Gasteiger partial charge in [0.2, 0.25) is 0 Å². The third-order valence-electron chi connectivity index (χ3n) is 3.55. The van der Waals surface area contributed by atoms with Gasteiger partial charge in [-0.25, -0.2) is 9.97 Å². The van der Waals surface area contributed by atoms with Crippen molar-refractivity contribution in [3.05, 3.63) is 47.4 Å². The lowest BCUT2D eigenvalue weighted by Gasteiger charge is -2.12. The fraction of sp³-hybridized carbons (Fsp3) is 0.353. The van der Waals surface area contributed by atoms with Gasteiger partial charge in [-0.15, -0.1) is 0 Å². The summed E-state index contributed by atoms with van der Waals surface area (Å²) in [5.74, 6) is 0.429. The van der Waals surface area contributed by atoms with Crippen LogP contribution in [0, 0.1) is 13.8 Å². The van der Waals surface area contributed by atoms with Crippen LogP contribution in [-0.4, -0.2) is 21.9 Å². The molecule has 0 aliphatic heterocycles. The molecule has 1 unspecified atom stereocenters. The summed E-state index contributed by atoms with van der Waals surface area (Å²) in [4.78, 5) is 20.3. The van der Waals surface area contributed by atoms with Gasteiger partial charge in [-0.1, -0.05) is 19.1 Å². The molecule has 0 radical (unpaired) electrons. The smallest absolute Gasteiger partial charge is 0.270 e. The van der Waals surface area contributed by atoms with E-state index in [1.807, 2.05) is 27.7 Å². The van der Waals surface area contributed by atoms with Gasteiger partial charge < -0.3 is 10.6 Å². The van der Waals surface area contributed by atoms with Gasteiger partial charge >= 0.3 is 0 Å². The number of nitrogens with one attached hydrogen (secondary N) is 2. The molecule has 0 bridgehead atoms. The average molecular weight is 298 g/mol. The molecule has 2 rings (SSSR count). The van der Waals surface area contributed by atoms with Crippen LogP contribution in [0.25, 0.3) is 0 Å². The first-order valence-electron chi connectivity index (χ1n) is 7.46. The fourth-order valence-electron chi connectivity index (χ4n) is 1.96. The lowest BCUT2D eigenvalue weighted by atomic mass is 10.1. The molecular formula is C17H22N4O. The third kappa shape index (κ3) is 4.04. The zero-order chi connectivity index (χ0) is 16.1. The highest BCUT2D eigenvalue weighted by Gasteiger charge is 2.11. The van der Waals surface area contributed by atoms with E-state index in [9.17, 15) is 4.79 Å². The van der Waals surface area contributed by atoms with Crippen LogP contribution in [0.15, 0.2) is 30.6 Å². The molecule has 2 aromatic rings. The number of carbonyl (C=O) groups is 1. The van der Waals surface area contributed by atoms with Gasteiger partial charge in [0, 0.05) is 17.8 Å². The second kappa shape index (κ2) is 7.02. The van der Waals surface area contributed by atoms with E-state index in [-0.39, 0.29) is 11.9 Å². The van der Waals surface area contributed by atoms with Crippen molar-refractivity contribution < 1.29 is 4.79 Å². The van der Waals surface area contributed by atoms with E-state index < -0.39 is 0 Å². The largest absolute Gasteiger partial charge is 0.348 e. The molecule has 22 heavy (non-hydrogen) atoms. The van der Waals surface area contributed by atoms with Crippen molar-refractivity contribution in [1.29, 1.82) is 0 Å². The maximum Gasteiger partial charge on any atom is 0.270 e. The lowest BCUT2D eigenvalue weighted by Crippen LogP contribution is -2.32. The van der Waals surface area contributed by atoms with Crippen molar-refractivity contribution in [2.45, 2.75) is 40.2 Å². The number of hydrogen-bond donors (Lipinski definition) is 2. The van der Waals surface area contributed by atoms with Gasteiger partial charge in [-0.2, -0.15) is 0 Å². The number of hydrogen-bond acceptors (Lipinski definition) is 4. The Morgan fingerprint density at radius 2 is 2.00 bits per heavy atom. The minimum atomic E-state index is -0.180. The third-order valence-corrected chi connectivity index (χ3v) is 3.55. The van der Waals surface area contributed by atoms with Crippen molar-refractivity contribution in [2.24, 2.45) is 0 Å². The number of benzene rings is 1. The first-order valence-corrected chi connectivity index (χ1v) is 7.46. The Bertz CT molecular complexity index is 669. The molecule has 5 nitrogen and oxygen atoms in total. The van der Waals surface area contributed by atoms with Crippen LogP contribution < -0.4 is 10.6 Å². The average Bonchev–Trinajstić information content (AvgIpc) is 2.51. The molecule has 1 amide bonds. The van der Waals surface area contributed by atoms with Crippen molar-refractivity contribution in [3.8, 4) is 0 Å². The molecule has 1 aromatic heterocycles. The van der Waals surface area contributed by atoms with E-state index in [4.69, 9.17) is 0 Å². The minimum absolute atomic E-state index is 0.123. The summed E-state index contributed by atoms with van der Waals surface area (Å²) < 4.78 is 0. The quantitative estimate of drug-likeness (QED) is 0.888. The molecule has 5 heteroatoms. The molecule has 0 spiro atoms. The Labute approximate surface area is 131 Å². The zero-order valence-corrected chi connectivity index (χ0v) is 13.5. The van der Waals surface area contributed by atoms with Crippen LogP contribution in [0.4, 0.5) is 11.5 Å². The van der Waals surface area contributed by atoms with Crippen LogP contribution in [0.2, 0.25) is 0 Å². The molecule has 0 saturated heterocycles. The predicted octanol–water partition coefficient (Wildman–Crippen LogP) is 3.37. The minimum Gasteiger partial charge on any atom is -0.348 e. The van der Waals surface area contributed by atoms with Gasteiger partial charge in [0.1, 0.15) is 17.8 Å². The molecule has 2 N–H and O–H groups in total. The van der Waals surface area contributed by atoms with E-state index in [0.29, 0.717) is 11.5 Å². The second-order valence-electron chi connectivity index (χ2n) is 5.51. The first-order chi connectivity index (χ1) is 10.5. The SMILES string of the molecule is CCC(C)NC(=O)c1cc(Nc2cc(C)ccc2C)ncn1. The number of amides is 1. The van der Waals surface area contributed by atoms with Crippen LogP contribution in [-0.2, 0) is 0 Å². The van der Waals surface area contributed by atoms with Crippen LogP contribution in [0.1, 0.15) is 41.9 Å². The van der Waals surface area contributed by atoms with Crippen LogP contribution in [0.3, 0.4) is 0 Å². The molecule has 0 fully saturated rings. The molecule has 1 atom stereocenters. The molecule has 0 saturated carbocycles. The normalized spacial score (nSPS) is 11.8. The van der Waals surface area contributed by atoms with E-state index in [1.165, 1.54) is 6.33 Å². The number of carbonyl (C=O) groups excluding carboxylic acids is 1. The topological polar surface area (TPSA) is 66.9 Å². The Morgan fingerprint density at radius 1 is 1.23 bits per heavy atom. The highest BCUT2D eigenvalue weighted by molar-refractivity contribution is 5.93. The van der Waals surface area contributed by atoms with E-state index >= 15 is 0 Å². The van der Waals surface area contributed by atoms with Gasteiger partial charge in [-0.3, -0.25) is 4.79 Å². The molecule has 0 aliphatic rings. The predicted molar refractivity (Wildman–Crippen MR) is 88.4 cm³/mol. The van der Waals surface area contributed by atoms with Gasteiger partial charge in [0.15, 0.2) is 0 Å². The van der Waals surface area contributed by atoms with E-state index in [2.05, 4.69) is 38.8 Å². The van der Waals surface area contributed by atoms with Crippen molar-refractivity contribution >= 4 is 17.4 Å². The maximum atomic E-state index is 12.1. The van der Waals surface area contributed by atoms with E-state index in [1.54, 1.807) is 6.07 Å². The molecule has 0 aliphatic carbocycles. The zero-order valence-electron chi connectivity index (χ0n) is 13.5. The summed E-state index contributed by atoms with van der Waals surface area (Å²) in [6, 6.07) is 7.95. The summed E-state index contributed by atoms with van der Waals surface area (Å²) >= 11 is 0. The number of aryl methyl sites for hydroxylation is 2. The highest BCUT2D eigenvalue weighted by Crippen LogP contribution is 2.20. The molecule has 1 heterocycles. The van der Waals surface area contributed by atoms with Gasteiger partial charge in [0.25, 0.3) is 5.91 Å². The molecule has 1 aromatic carbocycles. The number of aromatic nitrogens is 2. The van der Waals surface area contributed by atoms with E-state index in [0.717, 1.165) is 23.2 Å². The summed E-state index contributed by atoms with van der Waals surface area (Å²) in [6.07, 6.45) is 2.28. The van der Waals surface area contributed by atoms with Crippen LogP contribution >= 0.6 is 0 Å². The standard InChI is InChI=1S/C17H22N4O/c1-5-13(4)20-17(22)15-9-16(19-10-18-15)21-14-8-11(2)6-7-12(14)3/h6-10,13H,5H2,1-4H3,(H,20,22)(H,18,19,21). The van der Waals surface area contributed by atoms with Crippen LogP contribution in [0.5, 0.6) is 0 Å². The Kier molecular flexibility index (Phi) is 5.09. The number of nitrogens with zero attached hydrogens (tertiary/aromatic N) is 2. The Morgan fingerprint density at radius 3 is 2.73 bits per heavy atom. The summed E-state index contributed by atoms with van der Waals surface area (Å²) in [6.45, 7) is 8.06. The lowest BCUT2D eigenvalue weighted by molar-refractivity contribution is 0.0934. The Balaban J connectivity index is 2.18. The van der Waals surface area contributed by atoms with Crippen molar-refractivity contribution in [1.82, 2.24) is 15.3 Å². The second-order valence-corrected chi connectivity index (χ2v) is 5.51. The monoisotopic (exact) mass is 298 g/mol. The fourth-order valence-corrected chi connectivity index (χ4v) is 1.96. The summed E-state index contributed by atoms with van der Waals surface area (Å²) in [5, 5.41) is 6.14. The summed E-state index contributed by atoms with van der Waals surface area (Å²) in [7, 11) is 0. The van der Waals surface area contributed by atoms with Gasteiger partial charge in [-0.05, 0) is 44.4 Å². The molecule has 116 valence electrons. The van der Waals surface area contributed by atoms with Gasteiger partial charge in [0.05, 0.1) is 0 Å². The maximum absolute atomic E-state index is 12.1. The number of anilines is 2. The molecular weight excluding hydrogens is 276 g/mol. The Hall–Kier alpha value is -2.43. The highest BCUT2D eigenvalue weighted by atomic mass is 16.1.